The molecule has 0 saturated heterocycles. The molecule has 0 radical (unpaired) electrons. The van der Waals surface area contributed by atoms with Gasteiger partial charge in [-0.1, -0.05) is 46.0 Å². The molecule has 0 spiro atoms. The number of hydrogen-bond acceptors (Lipinski definition) is 3. The van der Waals surface area contributed by atoms with Crippen LogP contribution in [-0.4, -0.2) is 34.4 Å². The predicted octanol–water partition coefficient (Wildman–Crippen LogP) is 0.490. The summed E-state index contributed by atoms with van der Waals surface area (Å²) in [5.74, 6) is -1.65. The first-order valence-electron chi connectivity index (χ1n) is 6.91. The van der Waals surface area contributed by atoms with E-state index in [1.165, 1.54) is 25.7 Å². The van der Waals surface area contributed by atoms with Crippen molar-refractivity contribution < 1.29 is 50.8 Å². The summed E-state index contributed by atoms with van der Waals surface area (Å²) in [6, 6.07) is 0. The minimum atomic E-state index is -0.906. The van der Waals surface area contributed by atoms with Crippen LogP contribution < -0.4 is 29.6 Å². The number of carbonyl (C=O) groups is 2. The van der Waals surface area contributed by atoms with Gasteiger partial charge in [-0.15, -0.1) is 0 Å². The van der Waals surface area contributed by atoms with Gasteiger partial charge >= 0.3 is 41.5 Å². The summed E-state index contributed by atoms with van der Waals surface area (Å²) in [5.41, 5.74) is 0.221. The largest absolute Gasteiger partial charge is 1.00 e. The van der Waals surface area contributed by atoms with Crippen LogP contribution in [0.4, 0.5) is 0 Å². The van der Waals surface area contributed by atoms with Crippen molar-refractivity contribution in [3.8, 4) is 0 Å². The third-order valence-corrected chi connectivity index (χ3v) is 2.47. The van der Waals surface area contributed by atoms with Gasteiger partial charge in [0.1, 0.15) is 5.71 Å². The van der Waals surface area contributed by atoms with E-state index in [1.54, 1.807) is 13.8 Å². The molecule has 0 heterocycles. The number of hydrogen-bond donors (Lipinski definition) is 2. The Bertz CT molecular complexity index is 286. The Morgan fingerprint density at radius 2 is 1.45 bits per heavy atom. The van der Waals surface area contributed by atoms with Gasteiger partial charge < -0.3 is 11.6 Å². The number of carboxylic acid groups (broad SMARTS) is 2. The van der Waals surface area contributed by atoms with Gasteiger partial charge in [-0.25, -0.2) is 4.79 Å². The first-order chi connectivity index (χ1) is 8.95. The molecule has 0 unspecified atom stereocenters. The minimum Gasteiger partial charge on any atom is -1.00 e. The number of aliphatic imine (C=N–C) groups is 1. The molecule has 114 valence electrons. The summed E-state index contributed by atoms with van der Waals surface area (Å²) in [4.78, 5) is 23.7. The van der Waals surface area contributed by atoms with Crippen LogP contribution in [0.2, 0.25) is 0 Å². The SMILES string of the molecule is CCC(=O)O.CCCCCCCCN=C(C)C(=O)O.[H-].[Na+]. The monoisotopic (exact) mass is 297 g/mol. The van der Waals surface area contributed by atoms with Crippen LogP contribution >= 0.6 is 0 Å². The van der Waals surface area contributed by atoms with E-state index in [1.807, 2.05) is 0 Å². The maximum Gasteiger partial charge on any atom is 1.00 e. The normalized spacial score (nSPS) is 10.1. The van der Waals surface area contributed by atoms with Crippen LogP contribution in [0.1, 0.15) is 67.1 Å². The Morgan fingerprint density at radius 1 is 1.00 bits per heavy atom. The number of rotatable bonds is 9. The van der Waals surface area contributed by atoms with E-state index in [9.17, 15) is 9.59 Å². The molecule has 0 aliphatic carbocycles. The quantitative estimate of drug-likeness (QED) is 0.368. The summed E-state index contributed by atoms with van der Waals surface area (Å²) in [6.07, 6.45) is 7.49. The molecular formula is C14H28NNaO4. The molecule has 0 aromatic rings. The van der Waals surface area contributed by atoms with Gasteiger partial charge in [-0.2, -0.15) is 0 Å². The van der Waals surface area contributed by atoms with Crippen molar-refractivity contribution in [3.05, 3.63) is 0 Å². The average molecular weight is 297 g/mol. The fourth-order valence-corrected chi connectivity index (χ4v) is 1.21. The van der Waals surface area contributed by atoms with Crippen molar-refractivity contribution in [2.45, 2.75) is 65.7 Å². The zero-order valence-electron chi connectivity index (χ0n) is 14.3. The Balaban J connectivity index is -0.000000179. The molecule has 0 amide bonds. The predicted molar refractivity (Wildman–Crippen MR) is 78.0 cm³/mol. The van der Waals surface area contributed by atoms with Crippen molar-refractivity contribution >= 4 is 17.7 Å². The van der Waals surface area contributed by atoms with Crippen molar-refractivity contribution in [1.29, 1.82) is 0 Å². The maximum atomic E-state index is 10.4. The molecule has 2 N–H and O–H groups in total. The van der Waals surface area contributed by atoms with Crippen molar-refractivity contribution in [2.75, 3.05) is 6.54 Å². The second-order valence-electron chi connectivity index (χ2n) is 4.29. The molecule has 0 aromatic heterocycles. The Hall–Kier alpha value is -0.390. The zero-order chi connectivity index (χ0) is 15.1. The fourth-order valence-electron chi connectivity index (χ4n) is 1.21. The van der Waals surface area contributed by atoms with Crippen LogP contribution in [0.15, 0.2) is 4.99 Å². The topological polar surface area (TPSA) is 87.0 Å². The Kier molecular flexibility index (Phi) is 22.9. The second kappa shape index (κ2) is 18.6. The van der Waals surface area contributed by atoms with E-state index in [0.717, 1.165) is 12.8 Å². The van der Waals surface area contributed by atoms with Crippen LogP contribution in [0.25, 0.3) is 0 Å². The van der Waals surface area contributed by atoms with Crippen LogP contribution in [0, 0.1) is 0 Å². The van der Waals surface area contributed by atoms with Crippen molar-refractivity contribution in [1.82, 2.24) is 0 Å². The molecular weight excluding hydrogens is 269 g/mol. The standard InChI is InChI=1S/C11H21NO2.C3H6O2.Na.H/c1-3-4-5-6-7-8-9-12-10(2)11(13)14;1-2-3(4)5;;/h3-9H2,1-2H3,(H,13,14);2H2,1H3,(H,4,5);;/q;;+1;-1. The molecule has 0 saturated carbocycles. The summed E-state index contributed by atoms with van der Waals surface area (Å²) < 4.78 is 0. The molecule has 0 aliphatic heterocycles. The molecule has 0 rings (SSSR count). The molecule has 6 heteroatoms. The van der Waals surface area contributed by atoms with E-state index in [2.05, 4.69) is 11.9 Å². The first kappa shape index (κ1) is 24.6. The number of nitrogens with zero attached hydrogens (tertiary/aromatic N) is 1. The van der Waals surface area contributed by atoms with Gasteiger partial charge in [0.15, 0.2) is 0 Å². The Labute approximate surface area is 145 Å². The maximum absolute atomic E-state index is 10.4. The van der Waals surface area contributed by atoms with E-state index in [0.29, 0.717) is 6.54 Å². The summed E-state index contributed by atoms with van der Waals surface area (Å²) >= 11 is 0. The van der Waals surface area contributed by atoms with E-state index in [4.69, 9.17) is 10.2 Å². The third kappa shape index (κ3) is 22.8. The van der Waals surface area contributed by atoms with Crippen molar-refractivity contribution in [2.24, 2.45) is 4.99 Å². The summed E-state index contributed by atoms with van der Waals surface area (Å²) in [6.45, 7) is 5.99. The third-order valence-electron chi connectivity index (χ3n) is 2.47. The van der Waals surface area contributed by atoms with E-state index < -0.39 is 11.9 Å². The number of carboxylic acids is 2. The Morgan fingerprint density at radius 3 is 1.85 bits per heavy atom. The fraction of sp³-hybridized carbons (Fsp3) is 0.786. The molecule has 0 aliphatic rings. The van der Waals surface area contributed by atoms with Crippen LogP contribution in [-0.2, 0) is 9.59 Å². The van der Waals surface area contributed by atoms with Gasteiger partial charge in [-0.3, -0.25) is 9.79 Å². The molecule has 0 bridgehead atoms. The molecule has 0 aromatic carbocycles. The van der Waals surface area contributed by atoms with Gasteiger partial charge in [0, 0.05) is 13.0 Å². The van der Waals surface area contributed by atoms with E-state index in [-0.39, 0.29) is 43.1 Å². The minimum absolute atomic E-state index is 0. The van der Waals surface area contributed by atoms with Gasteiger partial charge in [0.05, 0.1) is 0 Å². The van der Waals surface area contributed by atoms with Gasteiger partial charge in [0.2, 0.25) is 0 Å². The molecule has 5 nitrogen and oxygen atoms in total. The van der Waals surface area contributed by atoms with Crippen LogP contribution in [0.3, 0.4) is 0 Å². The molecule has 0 atom stereocenters. The smallest absolute Gasteiger partial charge is 1.00 e. The molecule has 20 heavy (non-hydrogen) atoms. The first-order valence-corrected chi connectivity index (χ1v) is 6.91. The molecule has 0 fully saturated rings. The summed E-state index contributed by atoms with van der Waals surface area (Å²) in [7, 11) is 0. The second-order valence-corrected chi connectivity index (χ2v) is 4.29. The van der Waals surface area contributed by atoms with Crippen LogP contribution in [0.5, 0.6) is 0 Å². The van der Waals surface area contributed by atoms with E-state index >= 15 is 0 Å². The zero-order valence-corrected chi connectivity index (χ0v) is 15.3. The number of aliphatic carboxylic acids is 2. The van der Waals surface area contributed by atoms with Crippen molar-refractivity contribution in [3.63, 3.8) is 0 Å². The average Bonchev–Trinajstić information content (AvgIpc) is 2.38. The van der Waals surface area contributed by atoms with Gasteiger partial charge in [-0.05, 0) is 13.3 Å². The van der Waals surface area contributed by atoms with Gasteiger partial charge in [0.25, 0.3) is 0 Å². The summed E-state index contributed by atoms with van der Waals surface area (Å²) in [5, 5.41) is 16.2. The number of unbranched alkanes of at least 4 members (excludes halogenated alkanes) is 5.